The normalized spacial score (nSPS) is 12.3. The summed E-state index contributed by atoms with van der Waals surface area (Å²) in [6, 6.07) is 18.7. The molecule has 0 spiro atoms. The van der Waals surface area contributed by atoms with Crippen LogP contribution in [-0.2, 0) is 17.8 Å². The summed E-state index contributed by atoms with van der Waals surface area (Å²) in [5.41, 5.74) is 9.81. The van der Waals surface area contributed by atoms with Crippen LogP contribution in [0.4, 0.5) is 0 Å². The molecule has 2 aromatic carbocycles. The second kappa shape index (κ2) is 7.07. The molecule has 0 fully saturated rings. The zero-order valence-corrected chi connectivity index (χ0v) is 11.4. The van der Waals surface area contributed by atoms with Crippen molar-refractivity contribution in [1.82, 2.24) is 0 Å². The summed E-state index contributed by atoms with van der Waals surface area (Å²) in [4.78, 5) is 0. The van der Waals surface area contributed by atoms with Crippen molar-refractivity contribution in [2.24, 2.45) is 5.73 Å². The molecular formula is C17H21NO. The first-order chi connectivity index (χ1) is 9.24. The Morgan fingerprint density at radius 2 is 1.63 bits per heavy atom. The van der Waals surface area contributed by atoms with Crippen molar-refractivity contribution in [2.45, 2.75) is 26.0 Å². The minimum atomic E-state index is 0.0476. The fourth-order valence-electron chi connectivity index (χ4n) is 1.99. The summed E-state index contributed by atoms with van der Waals surface area (Å²) in [6.45, 7) is 3.30. The molecular weight excluding hydrogens is 234 g/mol. The van der Waals surface area contributed by atoms with Gasteiger partial charge in [0.15, 0.2) is 0 Å². The van der Waals surface area contributed by atoms with Crippen molar-refractivity contribution in [3.8, 4) is 0 Å². The first-order valence-electron chi connectivity index (χ1n) is 6.67. The molecule has 0 aliphatic heterocycles. The van der Waals surface area contributed by atoms with E-state index in [1.165, 1.54) is 16.7 Å². The second-order valence-corrected chi connectivity index (χ2v) is 4.95. The predicted octanol–water partition coefficient (Wildman–Crippen LogP) is 3.08. The Labute approximate surface area is 115 Å². The summed E-state index contributed by atoms with van der Waals surface area (Å²) < 4.78 is 5.65. The van der Waals surface area contributed by atoms with Gasteiger partial charge in [-0.1, -0.05) is 60.2 Å². The van der Waals surface area contributed by atoms with Crippen molar-refractivity contribution in [3.63, 3.8) is 0 Å². The molecule has 0 radical (unpaired) electrons. The van der Waals surface area contributed by atoms with Gasteiger partial charge in [-0.25, -0.2) is 0 Å². The van der Waals surface area contributed by atoms with Crippen molar-refractivity contribution >= 4 is 0 Å². The van der Waals surface area contributed by atoms with Crippen molar-refractivity contribution < 1.29 is 4.74 Å². The number of ether oxygens (including phenoxy) is 1. The molecule has 0 unspecified atom stereocenters. The van der Waals surface area contributed by atoms with E-state index in [1.54, 1.807) is 0 Å². The highest BCUT2D eigenvalue weighted by atomic mass is 16.5. The third-order valence-electron chi connectivity index (χ3n) is 3.06. The smallest absolute Gasteiger partial charge is 0.0717 e. The number of rotatable bonds is 6. The molecule has 0 saturated heterocycles. The Hall–Kier alpha value is -1.64. The van der Waals surface area contributed by atoms with E-state index < -0.39 is 0 Å². The van der Waals surface area contributed by atoms with Crippen LogP contribution in [0.2, 0.25) is 0 Å². The largest absolute Gasteiger partial charge is 0.375 e. The van der Waals surface area contributed by atoms with Crippen LogP contribution in [0.5, 0.6) is 0 Å². The Morgan fingerprint density at radius 3 is 2.32 bits per heavy atom. The van der Waals surface area contributed by atoms with Gasteiger partial charge in [0, 0.05) is 6.04 Å². The van der Waals surface area contributed by atoms with Gasteiger partial charge in [0.2, 0.25) is 0 Å². The predicted molar refractivity (Wildman–Crippen MR) is 79.0 cm³/mol. The summed E-state index contributed by atoms with van der Waals surface area (Å²) in [5.74, 6) is 0. The molecule has 2 heteroatoms. The van der Waals surface area contributed by atoms with Crippen molar-refractivity contribution in [2.75, 3.05) is 6.61 Å². The Morgan fingerprint density at radius 1 is 0.947 bits per heavy atom. The minimum absolute atomic E-state index is 0.0476. The molecule has 100 valence electrons. The fourth-order valence-corrected chi connectivity index (χ4v) is 1.99. The van der Waals surface area contributed by atoms with Gasteiger partial charge in [-0.15, -0.1) is 0 Å². The molecule has 0 heterocycles. The van der Waals surface area contributed by atoms with Gasteiger partial charge in [0.1, 0.15) is 0 Å². The molecule has 0 aliphatic carbocycles. The van der Waals surface area contributed by atoms with E-state index in [4.69, 9.17) is 10.5 Å². The topological polar surface area (TPSA) is 35.2 Å². The maximum atomic E-state index is 6.08. The van der Waals surface area contributed by atoms with Crippen molar-refractivity contribution in [3.05, 3.63) is 71.3 Å². The van der Waals surface area contributed by atoms with Crippen LogP contribution >= 0.6 is 0 Å². The van der Waals surface area contributed by atoms with E-state index in [1.807, 2.05) is 18.2 Å². The maximum absolute atomic E-state index is 6.08. The quantitative estimate of drug-likeness (QED) is 0.861. The first-order valence-corrected chi connectivity index (χ1v) is 6.67. The molecule has 0 amide bonds. The zero-order valence-electron chi connectivity index (χ0n) is 11.4. The number of aryl methyl sites for hydroxylation is 1. The molecule has 2 rings (SSSR count). The second-order valence-electron chi connectivity index (χ2n) is 4.95. The highest BCUT2D eigenvalue weighted by Gasteiger charge is 2.04. The standard InChI is InChI=1S/C17H21NO/c1-14-7-9-15(10-8-14)11-17(18)13-19-12-16-5-3-2-4-6-16/h2-10,17H,11-13,18H2,1H3/t17-/m1/s1. The molecule has 2 N–H and O–H groups in total. The van der Waals surface area contributed by atoms with Crippen LogP contribution in [0.3, 0.4) is 0 Å². The van der Waals surface area contributed by atoms with Crippen molar-refractivity contribution in [1.29, 1.82) is 0 Å². The fraction of sp³-hybridized carbons (Fsp3) is 0.294. The Balaban J connectivity index is 1.73. The number of hydrogen-bond donors (Lipinski definition) is 1. The summed E-state index contributed by atoms with van der Waals surface area (Å²) in [7, 11) is 0. The number of hydrogen-bond acceptors (Lipinski definition) is 2. The zero-order chi connectivity index (χ0) is 13.5. The van der Waals surface area contributed by atoms with E-state index in [9.17, 15) is 0 Å². The van der Waals surface area contributed by atoms with E-state index in [0.717, 1.165) is 6.42 Å². The Bertz CT molecular complexity index is 478. The lowest BCUT2D eigenvalue weighted by Gasteiger charge is -2.12. The average Bonchev–Trinajstić information content (AvgIpc) is 2.43. The third kappa shape index (κ3) is 4.86. The van der Waals surface area contributed by atoms with E-state index >= 15 is 0 Å². The summed E-state index contributed by atoms with van der Waals surface area (Å²) >= 11 is 0. The lowest BCUT2D eigenvalue weighted by Crippen LogP contribution is -2.28. The molecule has 2 aromatic rings. The van der Waals surface area contributed by atoms with Gasteiger partial charge in [0.25, 0.3) is 0 Å². The number of benzene rings is 2. The van der Waals surface area contributed by atoms with Gasteiger partial charge < -0.3 is 10.5 Å². The SMILES string of the molecule is Cc1ccc(C[C@@H](N)COCc2ccccc2)cc1. The van der Waals surface area contributed by atoms with Crippen LogP contribution in [-0.4, -0.2) is 12.6 Å². The van der Waals surface area contributed by atoms with E-state index in [2.05, 4.69) is 43.3 Å². The van der Waals surface area contributed by atoms with Crippen LogP contribution in [0.25, 0.3) is 0 Å². The molecule has 1 atom stereocenters. The van der Waals surface area contributed by atoms with Crippen LogP contribution < -0.4 is 5.73 Å². The van der Waals surface area contributed by atoms with E-state index in [0.29, 0.717) is 13.2 Å². The molecule has 0 bridgehead atoms. The molecule has 2 nitrogen and oxygen atoms in total. The highest BCUT2D eigenvalue weighted by Crippen LogP contribution is 2.06. The van der Waals surface area contributed by atoms with Gasteiger partial charge in [0.05, 0.1) is 13.2 Å². The molecule has 0 saturated carbocycles. The van der Waals surface area contributed by atoms with Crippen LogP contribution in [0.1, 0.15) is 16.7 Å². The van der Waals surface area contributed by atoms with Gasteiger partial charge >= 0.3 is 0 Å². The molecule has 0 aliphatic rings. The number of nitrogens with two attached hydrogens (primary N) is 1. The first kappa shape index (κ1) is 13.8. The molecule has 0 aromatic heterocycles. The van der Waals surface area contributed by atoms with Gasteiger partial charge in [-0.05, 0) is 24.5 Å². The summed E-state index contributed by atoms with van der Waals surface area (Å²) in [5, 5.41) is 0. The van der Waals surface area contributed by atoms with Gasteiger partial charge in [-0.3, -0.25) is 0 Å². The minimum Gasteiger partial charge on any atom is -0.375 e. The van der Waals surface area contributed by atoms with Gasteiger partial charge in [-0.2, -0.15) is 0 Å². The van der Waals surface area contributed by atoms with Crippen LogP contribution in [0, 0.1) is 6.92 Å². The summed E-state index contributed by atoms with van der Waals surface area (Å²) in [6.07, 6.45) is 0.856. The Kier molecular flexibility index (Phi) is 5.13. The lowest BCUT2D eigenvalue weighted by atomic mass is 10.1. The maximum Gasteiger partial charge on any atom is 0.0717 e. The monoisotopic (exact) mass is 255 g/mol. The molecule has 19 heavy (non-hydrogen) atoms. The third-order valence-corrected chi connectivity index (χ3v) is 3.06. The lowest BCUT2D eigenvalue weighted by molar-refractivity contribution is 0.108. The average molecular weight is 255 g/mol. The van der Waals surface area contributed by atoms with E-state index in [-0.39, 0.29) is 6.04 Å². The van der Waals surface area contributed by atoms with Crippen LogP contribution in [0.15, 0.2) is 54.6 Å². The highest BCUT2D eigenvalue weighted by molar-refractivity contribution is 5.22.